The summed E-state index contributed by atoms with van der Waals surface area (Å²) < 4.78 is 38.3. The van der Waals surface area contributed by atoms with Crippen molar-refractivity contribution < 1.29 is 18.0 Å². The second-order valence-electron chi connectivity index (χ2n) is 5.24. The Morgan fingerprint density at radius 1 is 1.27 bits per heavy atom. The number of hydrogen-bond donors (Lipinski definition) is 2. The van der Waals surface area contributed by atoms with Crippen molar-refractivity contribution in [1.29, 1.82) is 0 Å². The Labute approximate surface area is 126 Å². The van der Waals surface area contributed by atoms with E-state index < -0.39 is 11.9 Å². The lowest BCUT2D eigenvalue weighted by Crippen LogP contribution is -2.33. The molecule has 1 fully saturated rings. The number of nitrogens with zero attached hydrogens (tertiary/aromatic N) is 1. The van der Waals surface area contributed by atoms with Crippen LogP contribution in [0.15, 0.2) is 29.9 Å². The standard InChI is InChI=1S/C15H18F3N3O/c16-12-2-1-11(19)9-13(12)20-14(22)5-8-21-6-3-10(4-7-21)15(17)18/h1-2,9H,3-8,19H2,(H,20,22). The van der Waals surface area contributed by atoms with Crippen molar-refractivity contribution in [3.63, 3.8) is 0 Å². The molecule has 1 heterocycles. The van der Waals surface area contributed by atoms with Gasteiger partial charge < -0.3 is 16.0 Å². The van der Waals surface area contributed by atoms with E-state index >= 15 is 0 Å². The Bertz CT molecular complexity index is 575. The lowest BCUT2D eigenvalue weighted by molar-refractivity contribution is -0.116. The molecular weight excluding hydrogens is 295 g/mol. The van der Waals surface area contributed by atoms with E-state index in [9.17, 15) is 18.0 Å². The van der Waals surface area contributed by atoms with E-state index in [0.29, 0.717) is 38.2 Å². The largest absolute Gasteiger partial charge is 0.399 e. The maximum atomic E-state index is 13.5. The van der Waals surface area contributed by atoms with E-state index in [1.807, 2.05) is 4.90 Å². The molecule has 7 heteroatoms. The van der Waals surface area contributed by atoms with Gasteiger partial charge in [-0.05, 0) is 36.6 Å². The van der Waals surface area contributed by atoms with E-state index in [0.717, 1.165) is 0 Å². The Morgan fingerprint density at radius 3 is 2.59 bits per heavy atom. The fourth-order valence-corrected chi connectivity index (χ4v) is 2.35. The molecule has 0 radical (unpaired) electrons. The van der Waals surface area contributed by atoms with Crippen LogP contribution in [0.25, 0.3) is 0 Å². The molecule has 22 heavy (non-hydrogen) atoms. The molecule has 3 N–H and O–H groups in total. The first-order valence-corrected chi connectivity index (χ1v) is 7.06. The number of carbonyl (C=O) groups is 1. The molecule has 0 bridgehead atoms. The Kier molecular flexibility index (Phi) is 5.43. The Hall–Kier alpha value is -2.02. The highest BCUT2D eigenvalue weighted by Gasteiger charge is 2.18. The van der Waals surface area contributed by atoms with Crippen molar-refractivity contribution in [3.8, 4) is 0 Å². The summed E-state index contributed by atoms with van der Waals surface area (Å²) in [5, 5.41) is 2.47. The molecule has 4 nitrogen and oxygen atoms in total. The van der Waals surface area contributed by atoms with E-state index in [1.165, 1.54) is 18.2 Å². The van der Waals surface area contributed by atoms with Crippen LogP contribution < -0.4 is 11.1 Å². The van der Waals surface area contributed by atoms with Crippen molar-refractivity contribution in [1.82, 2.24) is 4.90 Å². The topological polar surface area (TPSA) is 58.4 Å². The quantitative estimate of drug-likeness (QED) is 0.840. The second-order valence-corrected chi connectivity index (χ2v) is 5.24. The average Bonchev–Trinajstić information content (AvgIpc) is 2.49. The van der Waals surface area contributed by atoms with E-state index in [2.05, 4.69) is 5.32 Å². The third-order valence-corrected chi connectivity index (χ3v) is 3.65. The summed E-state index contributed by atoms with van der Waals surface area (Å²) in [6.45, 7) is 1.47. The first kappa shape index (κ1) is 16.4. The van der Waals surface area contributed by atoms with Crippen LogP contribution in [0.1, 0.15) is 19.3 Å². The van der Waals surface area contributed by atoms with Gasteiger partial charge in [-0.2, -0.15) is 8.78 Å². The predicted molar refractivity (Wildman–Crippen MR) is 79.0 cm³/mol. The fourth-order valence-electron chi connectivity index (χ4n) is 2.35. The lowest BCUT2D eigenvalue weighted by Gasteiger charge is -2.27. The number of anilines is 2. The minimum absolute atomic E-state index is 0.0494. The van der Waals surface area contributed by atoms with Gasteiger partial charge in [-0.1, -0.05) is 0 Å². The van der Waals surface area contributed by atoms with Gasteiger partial charge >= 0.3 is 0 Å². The number of nitrogens with two attached hydrogens (primary N) is 1. The van der Waals surface area contributed by atoms with Crippen LogP contribution in [0.2, 0.25) is 0 Å². The Morgan fingerprint density at radius 2 is 1.95 bits per heavy atom. The third-order valence-electron chi connectivity index (χ3n) is 3.65. The van der Waals surface area contributed by atoms with Crippen LogP contribution in [0, 0.1) is 5.82 Å². The van der Waals surface area contributed by atoms with E-state index in [1.54, 1.807) is 0 Å². The van der Waals surface area contributed by atoms with Gasteiger partial charge in [0, 0.05) is 31.7 Å². The molecule has 0 unspecified atom stereocenters. The molecule has 1 aliphatic rings. The van der Waals surface area contributed by atoms with Crippen molar-refractivity contribution in [2.45, 2.75) is 19.3 Å². The first-order chi connectivity index (χ1) is 10.5. The molecule has 2 rings (SSSR count). The number of nitrogens with one attached hydrogen (secondary N) is 1. The smallest absolute Gasteiger partial charge is 0.269 e. The summed E-state index contributed by atoms with van der Waals surface area (Å²) in [6.07, 6.45) is -0.762. The zero-order valence-corrected chi connectivity index (χ0v) is 12.0. The zero-order valence-electron chi connectivity index (χ0n) is 12.0. The summed E-state index contributed by atoms with van der Waals surface area (Å²) in [7, 11) is 0. The van der Waals surface area contributed by atoms with E-state index in [-0.39, 0.29) is 23.6 Å². The highest BCUT2D eigenvalue weighted by molar-refractivity contribution is 5.91. The number of rotatable bonds is 4. The maximum absolute atomic E-state index is 13.5. The molecule has 1 aromatic rings. The van der Waals surface area contributed by atoms with Gasteiger partial charge in [-0.3, -0.25) is 4.79 Å². The second kappa shape index (κ2) is 7.31. The number of amides is 1. The normalized spacial score (nSPS) is 15.7. The molecule has 1 aliphatic heterocycles. The maximum Gasteiger partial charge on any atom is 0.269 e. The molecule has 1 aromatic carbocycles. The molecule has 120 valence electrons. The van der Waals surface area contributed by atoms with Crippen molar-refractivity contribution >= 4 is 17.3 Å². The van der Waals surface area contributed by atoms with Crippen LogP contribution in [0.4, 0.5) is 24.5 Å². The van der Waals surface area contributed by atoms with Crippen molar-refractivity contribution in [2.75, 3.05) is 30.7 Å². The van der Waals surface area contributed by atoms with Crippen molar-refractivity contribution in [3.05, 3.63) is 35.7 Å². The van der Waals surface area contributed by atoms with Gasteiger partial charge in [0.15, 0.2) is 0 Å². The van der Waals surface area contributed by atoms with Crippen LogP contribution >= 0.6 is 0 Å². The minimum atomic E-state index is -1.59. The molecule has 0 aliphatic carbocycles. The molecule has 1 amide bonds. The number of halogens is 3. The van der Waals surface area contributed by atoms with Gasteiger partial charge in [-0.15, -0.1) is 0 Å². The first-order valence-electron chi connectivity index (χ1n) is 7.06. The molecule has 0 spiro atoms. The predicted octanol–water partition coefficient (Wildman–Crippen LogP) is 2.98. The van der Waals surface area contributed by atoms with E-state index in [4.69, 9.17) is 5.73 Å². The number of piperidine rings is 1. The van der Waals surface area contributed by atoms with Gasteiger partial charge in [0.25, 0.3) is 6.08 Å². The van der Waals surface area contributed by atoms with Crippen LogP contribution in [0.3, 0.4) is 0 Å². The highest BCUT2D eigenvalue weighted by Crippen LogP contribution is 2.22. The van der Waals surface area contributed by atoms with Gasteiger partial charge in [0.05, 0.1) is 5.69 Å². The summed E-state index contributed by atoms with van der Waals surface area (Å²) in [4.78, 5) is 13.8. The third kappa shape index (κ3) is 4.49. The number of carbonyl (C=O) groups excluding carboxylic acids is 1. The monoisotopic (exact) mass is 313 g/mol. The van der Waals surface area contributed by atoms with Crippen LogP contribution in [-0.4, -0.2) is 30.4 Å². The fraction of sp³-hybridized carbons (Fsp3) is 0.400. The minimum Gasteiger partial charge on any atom is -0.399 e. The molecule has 1 saturated heterocycles. The average molecular weight is 313 g/mol. The zero-order chi connectivity index (χ0) is 16.1. The molecule has 0 saturated carbocycles. The summed E-state index contributed by atoms with van der Waals surface area (Å²) in [6, 6.07) is 3.96. The molecule has 0 atom stereocenters. The number of nitrogen functional groups attached to an aromatic ring is 1. The van der Waals surface area contributed by atoms with Gasteiger partial charge in [0.1, 0.15) is 5.82 Å². The van der Waals surface area contributed by atoms with Crippen LogP contribution in [-0.2, 0) is 4.79 Å². The summed E-state index contributed by atoms with van der Waals surface area (Å²) in [5.74, 6) is -0.878. The number of benzene rings is 1. The lowest BCUT2D eigenvalue weighted by atomic mass is 10.1. The highest BCUT2D eigenvalue weighted by atomic mass is 19.3. The Balaban J connectivity index is 1.79. The summed E-state index contributed by atoms with van der Waals surface area (Å²) >= 11 is 0. The molecular formula is C15H18F3N3O. The van der Waals surface area contributed by atoms with Crippen molar-refractivity contribution in [2.24, 2.45) is 0 Å². The molecule has 0 aromatic heterocycles. The summed E-state index contributed by atoms with van der Waals surface area (Å²) in [5.41, 5.74) is 6.15. The van der Waals surface area contributed by atoms with Crippen LogP contribution in [0.5, 0.6) is 0 Å². The SMILES string of the molecule is Nc1ccc(F)c(NC(=O)CCN2CCC(=C(F)F)CC2)c1. The van der Waals surface area contributed by atoms with Gasteiger partial charge in [0.2, 0.25) is 5.91 Å². The number of hydrogen-bond acceptors (Lipinski definition) is 3. The van der Waals surface area contributed by atoms with Gasteiger partial charge in [-0.25, -0.2) is 4.39 Å². The number of likely N-dealkylation sites (tertiary alicyclic amines) is 1.